The third-order valence-corrected chi connectivity index (χ3v) is 6.03. The van der Waals surface area contributed by atoms with Crippen molar-refractivity contribution in [1.29, 1.82) is 0 Å². The third kappa shape index (κ3) is 5.31. The van der Waals surface area contributed by atoms with Crippen LogP contribution in [0.4, 0.5) is 10.7 Å². The van der Waals surface area contributed by atoms with Crippen molar-refractivity contribution in [1.82, 2.24) is 25.3 Å². The molecule has 2 aliphatic rings. The number of thioether (sulfide) groups is 1. The molecule has 0 atom stereocenters. The summed E-state index contributed by atoms with van der Waals surface area (Å²) in [7, 11) is 0. The van der Waals surface area contributed by atoms with Gasteiger partial charge in [-0.3, -0.25) is 14.9 Å². The highest BCUT2D eigenvalue weighted by molar-refractivity contribution is 8.18. The molecule has 0 aliphatic carbocycles. The van der Waals surface area contributed by atoms with Gasteiger partial charge in [0.15, 0.2) is 0 Å². The fraction of sp³-hybridized carbons (Fsp3) is 0.217. The van der Waals surface area contributed by atoms with E-state index in [0.29, 0.717) is 22.4 Å². The molecular formula is C23H20N6O4S. The first-order chi connectivity index (χ1) is 16.6. The van der Waals surface area contributed by atoms with E-state index in [-0.39, 0.29) is 17.3 Å². The van der Waals surface area contributed by atoms with Gasteiger partial charge < -0.3 is 14.4 Å². The number of aromatic nitrogens is 4. The first-order valence-electron chi connectivity index (χ1n) is 10.7. The lowest BCUT2D eigenvalue weighted by molar-refractivity contribution is -0.115. The smallest absolute Gasteiger partial charge is 0.290 e. The molecule has 172 valence electrons. The number of nitrogens with one attached hydrogen (secondary N) is 1. The maximum absolute atomic E-state index is 11.7. The maximum atomic E-state index is 11.7. The Balaban J connectivity index is 1.17. The Kier molecular flexibility index (Phi) is 6.34. The van der Waals surface area contributed by atoms with Gasteiger partial charge in [0.25, 0.3) is 11.1 Å². The Labute approximate surface area is 199 Å². The standard InChI is InChI=1S/C23H20N6O4S/c30-21-18(34-23(31)28-21)12-15-2-4-16(5-3-15)32-19-13-20(27-14-26-19)33-17-6-10-29(11-7-17)22-24-8-1-9-25-22/h1-5,8-9,12-14,17H,6-7,10-11H2,(H,28,30,31). The number of nitrogens with zero attached hydrogens (tertiary/aromatic N) is 5. The number of benzene rings is 1. The quantitative estimate of drug-likeness (QED) is 0.530. The van der Waals surface area contributed by atoms with E-state index in [1.165, 1.54) is 6.33 Å². The average Bonchev–Trinajstić information content (AvgIpc) is 3.18. The Bertz CT molecular complexity index is 1210. The summed E-state index contributed by atoms with van der Waals surface area (Å²) in [5, 5.41) is 1.87. The zero-order valence-electron chi connectivity index (χ0n) is 18.0. The first-order valence-corrected chi connectivity index (χ1v) is 11.5. The predicted molar refractivity (Wildman–Crippen MR) is 126 cm³/mol. The van der Waals surface area contributed by atoms with Crippen LogP contribution in [0.25, 0.3) is 6.08 Å². The Morgan fingerprint density at radius 2 is 1.74 bits per heavy atom. The van der Waals surface area contributed by atoms with E-state index in [0.717, 1.165) is 49.2 Å². The van der Waals surface area contributed by atoms with Gasteiger partial charge in [-0.2, -0.15) is 0 Å². The molecule has 0 bridgehead atoms. The van der Waals surface area contributed by atoms with E-state index < -0.39 is 0 Å². The number of piperidine rings is 1. The van der Waals surface area contributed by atoms with Crippen LogP contribution in [0.2, 0.25) is 0 Å². The second-order valence-corrected chi connectivity index (χ2v) is 8.59. The normalized spacial score (nSPS) is 17.6. The van der Waals surface area contributed by atoms with Gasteiger partial charge in [0.2, 0.25) is 17.7 Å². The van der Waals surface area contributed by atoms with Crippen molar-refractivity contribution in [2.75, 3.05) is 18.0 Å². The summed E-state index contributed by atoms with van der Waals surface area (Å²) >= 11 is 0.881. The molecule has 1 aromatic carbocycles. The summed E-state index contributed by atoms with van der Waals surface area (Å²) in [4.78, 5) is 42.4. The van der Waals surface area contributed by atoms with Crippen LogP contribution in [0.15, 0.2) is 60.0 Å². The molecule has 0 spiro atoms. The van der Waals surface area contributed by atoms with Gasteiger partial charge in [0.05, 0.1) is 11.0 Å². The molecule has 3 aromatic rings. The minimum Gasteiger partial charge on any atom is -0.474 e. The van der Waals surface area contributed by atoms with Crippen molar-refractivity contribution < 1.29 is 19.1 Å². The van der Waals surface area contributed by atoms with Gasteiger partial charge in [-0.1, -0.05) is 12.1 Å². The summed E-state index contributed by atoms with van der Waals surface area (Å²) in [6.45, 7) is 1.61. The molecule has 1 N–H and O–H groups in total. The van der Waals surface area contributed by atoms with E-state index in [9.17, 15) is 9.59 Å². The van der Waals surface area contributed by atoms with Crippen molar-refractivity contribution in [3.05, 3.63) is 65.6 Å². The second-order valence-electron chi connectivity index (χ2n) is 7.57. The van der Waals surface area contributed by atoms with E-state index in [4.69, 9.17) is 9.47 Å². The molecule has 0 saturated carbocycles. The van der Waals surface area contributed by atoms with Crippen molar-refractivity contribution in [3.63, 3.8) is 0 Å². The number of carbonyl (C=O) groups excluding carboxylic acids is 2. The van der Waals surface area contributed by atoms with E-state index >= 15 is 0 Å². The monoisotopic (exact) mass is 476 g/mol. The van der Waals surface area contributed by atoms with Gasteiger partial charge in [-0.05, 0) is 41.6 Å². The van der Waals surface area contributed by atoms with Gasteiger partial charge in [-0.25, -0.2) is 19.9 Å². The largest absolute Gasteiger partial charge is 0.474 e. The van der Waals surface area contributed by atoms with Crippen LogP contribution in [-0.4, -0.2) is 50.3 Å². The zero-order chi connectivity index (χ0) is 23.3. The fourth-order valence-electron chi connectivity index (χ4n) is 3.57. The highest BCUT2D eigenvalue weighted by atomic mass is 32.2. The molecule has 0 radical (unpaired) electrons. The Hall–Kier alpha value is -3.99. The van der Waals surface area contributed by atoms with E-state index in [1.807, 2.05) is 0 Å². The van der Waals surface area contributed by atoms with Gasteiger partial charge in [0, 0.05) is 38.3 Å². The minimum atomic E-state index is -0.386. The van der Waals surface area contributed by atoms with Gasteiger partial charge >= 0.3 is 0 Å². The number of hydrogen-bond donors (Lipinski definition) is 1. The topological polar surface area (TPSA) is 119 Å². The van der Waals surface area contributed by atoms with Gasteiger partial charge in [-0.15, -0.1) is 0 Å². The third-order valence-electron chi connectivity index (χ3n) is 5.22. The molecular weight excluding hydrogens is 456 g/mol. The molecule has 2 aliphatic heterocycles. The van der Waals surface area contributed by atoms with Gasteiger partial charge in [0.1, 0.15) is 18.2 Å². The summed E-state index contributed by atoms with van der Waals surface area (Å²) in [6, 6.07) is 10.6. The lowest BCUT2D eigenvalue weighted by Gasteiger charge is -2.31. The number of amides is 2. The summed E-state index contributed by atoms with van der Waals surface area (Å²) < 4.78 is 11.9. The molecule has 0 unspecified atom stereocenters. The molecule has 4 heterocycles. The number of ether oxygens (including phenoxy) is 2. The molecule has 10 nitrogen and oxygen atoms in total. The molecule has 34 heavy (non-hydrogen) atoms. The molecule has 5 rings (SSSR count). The molecule has 2 amide bonds. The van der Waals surface area contributed by atoms with Crippen LogP contribution in [0.1, 0.15) is 18.4 Å². The van der Waals surface area contributed by atoms with Crippen molar-refractivity contribution >= 4 is 34.9 Å². The van der Waals surface area contributed by atoms with E-state index in [2.05, 4.69) is 30.2 Å². The van der Waals surface area contributed by atoms with Crippen molar-refractivity contribution in [3.8, 4) is 17.5 Å². The highest BCUT2D eigenvalue weighted by Crippen LogP contribution is 2.28. The maximum Gasteiger partial charge on any atom is 0.290 e. The van der Waals surface area contributed by atoms with Crippen LogP contribution in [0.5, 0.6) is 17.5 Å². The SMILES string of the molecule is O=C1NC(=O)C(=Cc2ccc(Oc3cc(OC4CCN(c5ncccn5)CC4)ncn3)cc2)S1. The van der Waals surface area contributed by atoms with E-state index in [1.54, 1.807) is 54.9 Å². The highest BCUT2D eigenvalue weighted by Gasteiger charge is 2.25. The molecule has 2 aromatic heterocycles. The first kappa shape index (κ1) is 21.8. The van der Waals surface area contributed by atoms with Crippen LogP contribution in [0.3, 0.4) is 0 Å². The fourth-order valence-corrected chi connectivity index (χ4v) is 4.25. The summed E-state index contributed by atoms with van der Waals surface area (Å²) in [5.41, 5.74) is 0.777. The summed E-state index contributed by atoms with van der Waals surface area (Å²) in [6.07, 6.45) is 8.24. The van der Waals surface area contributed by atoms with Crippen molar-refractivity contribution in [2.45, 2.75) is 18.9 Å². The number of rotatable bonds is 6. The lowest BCUT2D eigenvalue weighted by atomic mass is 10.1. The number of anilines is 1. The molecule has 2 saturated heterocycles. The number of imide groups is 1. The lowest BCUT2D eigenvalue weighted by Crippen LogP contribution is -2.39. The average molecular weight is 477 g/mol. The van der Waals surface area contributed by atoms with Crippen LogP contribution in [-0.2, 0) is 4.79 Å². The summed E-state index contributed by atoms with van der Waals surface area (Å²) in [5.74, 6) is 1.74. The predicted octanol–water partition coefficient (Wildman–Crippen LogP) is 3.43. The molecule has 2 fully saturated rings. The Morgan fingerprint density at radius 3 is 2.44 bits per heavy atom. The Morgan fingerprint density at radius 1 is 1.00 bits per heavy atom. The second kappa shape index (κ2) is 9.87. The zero-order valence-corrected chi connectivity index (χ0v) is 18.8. The number of carbonyl (C=O) groups is 2. The molecule has 11 heteroatoms. The van der Waals surface area contributed by atoms with Crippen LogP contribution in [0, 0.1) is 0 Å². The minimum absolute atomic E-state index is 0.0348. The van der Waals surface area contributed by atoms with Crippen LogP contribution < -0.4 is 19.7 Å². The number of hydrogen-bond acceptors (Lipinski definition) is 10. The van der Waals surface area contributed by atoms with Crippen LogP contribution >= 0.6 is 11.8 Å². The van der Waals surface area contributed by atoms with Crippen molar-refractivity contribution in [2.24, 2.45) is 0 Å².